The molecule has 0 saturated carbocycles. The van der Waals surface area contributed by atoms with Crippen LogP contribution in [-0.4, -0.2) is 23.4 Å². The van der Waals surface area contributed by atoms with Gasteiger partial charge in [0.15, 0.2) is 0 Å². The molecule has 1 aromatic rings. The highest BCUT2D eigenvalue weighted by molar-refractivity contribution is 7.10. The van der Waals surface area contributed by atoms with Crippen molar-refractivity contribution in [2.24, 2.45) is 5.73 Å². The first-order valence-corrected chi connectivity index (χ1v) is 7.69. The van der Waals surface area contributed by atoms with Crippen LogP contribution in [0.1, 0.15) is 49.6 Å². The molecule has 2 atom stereocenters. The standard InChI is InChI=1S/C14H22N2OS/c1-3-5-11(15)14(17)16-8-6-13-10(7-9-18-13)12(16)4-2/h7,9,11-12H,3-6,8,15H2,1-2H3/t11-,12?/m0/s1. The number of nitrogens with zero attached hydrogens (tertiary/aromatic N) is 1. The number of carbonyl (C=O) groups excluding carboxylic acids is 1. The Balaban J connectivity index is 2.17. The first-order chi connectivity index (χ1) is 8.69. The Kier molecular flexibility index (Phi) is 4.40. The summed E-state index contributed by atoms with van der Waals surface area (Å²) in [6, 6.07) is 2.07. The van der Waals surface area contributed by atoms with Crippen molar-refractivity contribution in [1.82, 2.24) is 4.90 Å². The van der Waals surface area contributed by atoms with Crippen molar-refractivity contribution in [3.8, 4) is 0 Å². The number of rotatable bonds is 4. The summed E-state index contributed by atoms with van der Waals surface area (Å²) in [6.07, 6.45) is 3.69. The third-order valence-electron chi connectivity index (χ3n) is 3.68. The largest absolute Gasteiger partial charge is 0.334 e. The molecule has 1 amide bonds. The Morgan fingerprint density at radius 2 is 2.39 bits per heavy atom. The number of amides is 1. The SMILES string of the molecule is CCC[C@H](N)C(=O)N1CCc2sccc2C1CC. The second kappa shape index (κ2) is 5.85. The number of thiophene rings is 1. The second-order valence-corrected chi connectivity index (χ2v) is 5.90. The number of hydrogen-bond acceptors (Lipinski definition) is 3. The Bertz CT molecular complexity index is 416. The van der Waals surface area contributed by atoms with Crippen LogP contribution in [0.5, 0.6) is 0 Å². The zero-order chi connectivity index (χ0) is 13.1. The van der Waals surface area contributed by atoms with Gasteiger partial charge in [-0.15, -0.1) is 11.3 Å². The van der Waals surface area contributed by atoms with Crippen LogP contribution in [-0.2, 0) is 11.2 Å². The van der Waals surface area contributed by atoms with Crippen molar-refractivity contribution in [2.45, 2.75) is 51.6 Å². The predicted molar refractivity (Wildman–Crippen MR) is 75.7 cm³/mol. The lowest BCUT2D eigenvalue weighted by atomic mass is 9.96. The van der Waals surface area contributed by atoms with E-state index in [-0.39, 0.29) is 18.0 Å². The summed E-state index contributed by atoms with van der Waals surface area (Å²) in [7, 11) is 0. The van der Waals surface area contributed by atoms with E-state index in [4.69, 9.17) is 5.73 Å². The average Bonchev–Trinajstić information content (AvgIpc) is 2.85. The van der Waals surface area contributed by atoms with Gasteiger partial charge in [0.05, 0.1) is 12.1 Å². The zero-order valence-corrected chi connectivity index (χ0v) is 12.0. The van der Waals surface area contributed by atoms with Crippen molar-refractivity contribution in [3.05, 3.63) is 21.9 Å². The molecular weight excluding hydrogens is 244 g/mol. The third-order valence-corrected chi connectivity index (χ3v) is 4.68. The molecule has 1 unspecified atom stereocenters. The van der Waals surface area contributed by atoms with Crippen molar-refractivity contribution >= 4 is 17.2 Å². The predicted octanol–water partition coefficient (Wildman–Crippen LogP) is 2.71. The van der Waals surface area contributed by atoms with E-state index in [1.807, 2.05) is 16.2 Å². The molecule has 2 heterocycles. The summed E-state index contributed by atoms with van der Waals surface area (Å²) < 4.78 is 0. The van der Waals surface area contributed by atoms with Crippen molar-refractivity contribution < 1.29 is 4.79 Å². The van der Waals surface area contributed by atoms with Gasteiger partial charge < -0.3 is 10.6 Å². The van der Waals surface area contributed by atoms with E-state index >= 15 is 0 Å². The maximum absolute atomic E-state index is 12.4. The van der Waals surface area contributed by atoms with Gasteiger partial charge in [0, 0.05) is 11.4 Å². The average molecular weight is 266 g/mol. The smallest absolute Gasteiger partial charge is 0.240 e. The lowest BCUT2D eigenvalue weighted by molar-refractivity contribution is -0.135. The molecule has 0 spiro atoms. The van der Waals surface area contributed by atoms with Crippen LogP contribution in [0.3, 0.4) is 0 Å². The number of fused-ring (bicyclic) bond motifs is 1. The van der Waals surface area contributed by atoms with Gasteiger partial charge in [-0.1, -0.05) is 20.3 Å². The van der Waals surface area contributed by atoms with Crippen LogP contribution in [0.25, 0.3) is 0 Å². The minimum absolute atomic E-state index is 0.126. The summed E-state index contributed by atoms with van der Waals surface area (Å²) in [6.45, 7) is 5.03. The van der Waals surface area contributed by atoms with E-state index in [1.54, 1.807) is 0 Å². The molecule has 0 aliphatic carbocycles. The first kappa shape index (κ1) is 13.6. The molecule has 0 saturated heterocycles. The fourth-order valence-corrected chi connectivity index (χ4v) is 3.68. The third kappa shape index (κ3) is 2.45. The fraction of sp³-hybridized carbons (Fsp3) is 0.643. The minimum atomic E-state index is -0.329. The topological polar surface area (TPSA) is 46.3 Å². The fourth-order valence-electron chi connectivity index (χ4n) is 2.75. The van der Waals surface area contributed by atoms with Gasteiger partial charge in [-0.2, -0.15) is 0 Å². The van der Waals surface area contributed by atoms with Gasteiger partial charge in [-0.25, -0.2) is 0 Å². The first-order valence-electron chi connectivity index (χ1n) is 6.81. The van der Waals surface area contributed by atoms with Gasteiger partial charge in [-0.05, 0) is 36.3 Å². The van der Waals surface area contributed by atoms with E-state index < -0.39 is 0 Å². The molecule has 18 heavy (non-hydrogen) atoms. The molecule has 1 aliphatic heterocycles. The Hall–Kier alpha value is -0.870. The van der Waals surface area contributed by atoms with Crippen molar-refractivity contribution in [2.75, 3.05) is 6.54 Å². The number of carbonyl (C=O) groups is 1. The normalized spacial score (nSPS) is 20.6. The van der Waals surface area contributed by atoms with E-state index in [0.717, 1.165) is 32.2 Å². The lowest BCUT2D eigenvalue weighted by Crippen LogP contribution is -2.47. The minimum Gasteiger partial charge on any atom is -0.334 e. The summed E-state index contributed by atoms with van der Waals surface area (Å²) in [4.78, 5) is 15.8. The molecule has 1 aromatic heterocycles. The van der Waals surface area contributed by atoms with Gasteiger partial charge in [0.1, 0.15) is 0 Å². The van der Waals surface area contributed by atoms with Gasteiger partial charge in [0.25, 0.3) is 0 Å². The van der Waals surface area contributed by atoms with Crippen LogP contribution in [0.2, 0.25) is 0 Å². The summed E-state index contributed by atoms with van der Waals surface area (Å²) in [5.74, 6) is 0.126. The van der Waals surface area contributed by atoms with E-state index in [9.17, 15) is 4.79 Å². The summed E-state index contributed by atoms with van der Waals surface area (Å²) >= 11 is 1.81. The second-order valence-electron chi connectivity index (χ2n) is 4.90. The highest BCUT2D eigenvalue weighted by atomic mass is 32.1. The quantitative estimate of drug-likeness (QED) is 0.911. The monoisotopic (exact) mass is 266 g/mol. The Labute approximate surface area is 113 Å². The summed E-state index contributed by atoms with van der Waals surface area (Å²) in [5, 5.41) is 2.13. The van der Waals surface area contributed by atoms with Crippen LogP contribution in [0, 0.1) is 0 Å². The van der Waals surface area contributed by atoms with Gasteiger partial charge in [0.2, 0.25) is 5.91 Å². The molecule has 2 N–H and O–H groups in total. The van der Waals surface area contributed by atoms with Crippen LogP contribution in [0.15, 0.2) is 11.4 Å². The Morgan fingerprint density at radius 1 is 1.61 bits per heavy atom. The lowest BCUT2D eigenvalue weighted by Gasteiger charge is -2.37. The molecule has 4 heteroatoms. The van der Waals surface area contributed by atoms with E-state index in [0.29, 0.717) is 0 Å². The highest BCUT2D eigenvalue weighted by Gasteiger charge is 2.32. The van der Waals surface area contributed by atoms with Gasteiger partial charge in [-0.3, -0.25) is 4.79 Å². The molecule has 0 bridgehead atoms. The van der Waals surface area contributed by atoms with Crippen LogP contribution >= 0.6 is 11.3 Å². The van der Waals surface area contributed by atoms with Crippen molar-refractivity contribution in [3.63, 3.8) is 0 Å². The zero-order valence-electron chi connectivity index (χ0n) is 11.2. The molecule has 0 aromatic carbocycles. The molecule has 100 valence electrons. The number of hydrogen-bond donors (Lipinski definition) is 1. The summed E-state index contributed by atoms with van der Waals surface area (Å²) in [5.41, 5.74) is 7.32. The maximum Gasteiger partial charge on any atom is 0.240 e. The number of nitrogens with two attached hydrogens (primary N) is 1. The van der Waals surface area contributed by atoms with Crippen molar-refractivity contribution in [1.29, 1.82) is 0 Å². The molecular formula is C14H22N2OS. The Morgan fingerprint density at radius 3 is 3.06 bits per heavy atom. The van der Waals surface area contributed by atoms with Gasteiger partial charge >= 0.3 is 0 Å². The van der Waals surface area contributed by atoms with Crippen LogP contribution < -0.4 is 5.73 Å². The van der Waals surface area contributed by atoms with Crippen LogP contribution in [0.4, 0.5) is 0 Å². The molecule has 2 rings (SSSR count). The van der Waals surface area contributed by atoms with E-state index in [2.05, 4.69) is 25.3 Å². The molecule has 0 radical (unpaired) electrons. The maximum atomic E-state index is 12.4. The molecule has 1 aliphatic rings. The highest BCUT2D eigenvalue weighted by Crippen LogP contribution is 2.35. The molecule has 0 fully saturated rings. The molecule has 3 nitrogen and oxygen atoms in total. The van der Waals surface area contributed by atoms with E-state index in [1.165, 1.54) is 10.4 Å².